The maximum Gasteiger partial charge on any atom is 0.316 e. The van der Waals surface area contributed by atoms with Gasteiger partial charge < -0.3 is 14.4 Å². The number of imide groups is 1. The van der Waals surface area contributed by atoms with E-state index < -0.39 is 11.9 Å². The molecule has 6 aliphatic rings. The largest absolute Gasteiger partial charge is 0.495 e. The maximum absolute atomic E-state index is 13.4. The number of nitrogens with zero attached hydrogens (tertiary/aromatic N) is 2. The molecule has 0 N–H and O–H groups in total. The molecule has 2 aromatic rings. The standard InChI is InChI=1S/C29H25ClN2O6/c1-37-23-8-5-15(30)10-22(23)31-13-14(9-24(31)33)29(36)38-17-4-2-3-16(11-17)32-27(34)25-18-6-7-19(21-12-20(18)21)26(25)28(32)35/h2-8,10-11,14,18-21,25-26H,9,12-13H2,1H3/t14-,18+,19+,20+,21+,25-,26+/m1/s1. The third-order valence-corrected chi connectivity index (χ3v) is 9.08. The zero-order valence-corrected chi connectivity index (χ0v) is 21.3. The summed E-state index contributed by atoms with van der Waals surface area (Å²) in [6.07, 6.45) is 5.36. The second kappa shape index (κ2) is 8.43. The number of anilines is 2. The lowest BCUT2D eigenvalue weighted by molar-refractivity contribution is -0.139. The van der Waals surface area contributed by atoms with Crippen LogP contribution < -0.4 is 19.3 Å². The number of carbonyl (C=O) groups excluding carboxylic acids is 4. The lowest BCUT2D eigenvalue weighted by Gasteiger charge is -2.37. The minimum Gasteiger partial charge on any atom is -0.495 e. The number of amides is 3. The van der Waals surface area contributed by atoms with Crippen molar-refractivity contribution < 1.29 is 28.7 Å². The quantitative estimate of drug-likeness (QED) is 0.251. The van der Waals surface area contributed by atoms with Crippen LogP contribution in [0.15, 0.2) is 54.6 Å². The lowest BCUT2D eigenvalue weighted by Crippen LogP contribution is -2.40. The zero-order chi connectivity index (χ0) is 26.3. The molecule has 2 saturated heterocycles. The number of hydrogen-bond acceptors (Lipinski definition) is 6. The van der Waals surface area contributed by atoms with Crippen molar-refractivity contribution in [2.75, 3.05) is 23.5 Å². The van der Waals surface area contributed by atoms with Crippen LogP contribution in [0, 0.1) is 41.4 Å². The van der Waals surface area contributed by atoms with E-state index in [9.17, 15) is 19.2 Å². The summed E-state index contributed by atoms with van der Waals surface area (Å²) in [5.74, 6) is -0.402. The van der Waals surface area contributed by atoms with Crippen molar-refractivity contribution in [3.63, 3.8) is 0 Å². The molecule has 7 atom stereocenters. The van der Waals surface area contributed by atoms with Crippen LogP contribution in [-0.4, -0.2) is 37.3 Å². The molecule has 0 unspecified atom stereocenters. The van der Waals surface area contributed by atoms with Gasteiger partial charge in [0.2, 0.25) is 17.7 Å². The molecule has 4 fully saturated rings. The Labute approximate surface area is 224 Å². The Morgan fingerprint density at radius 3 is 2.37 bits per heavy atom. The topological polar surface area (TPSA) is 93.2 Å². The molecular formula is C29H25ClN2O6. The molecular weight excluding hydrogens is 508 g/mol. The highest BCUT2D eigenvalue weighted by molar-refractivity contribution is 6.31. The summed E-state index contributed by atoms with van der Waals surface area (Å²) in [5, 5.41) is 0.447. The van der Waals surface area contributed by atoms with Crippen LogP contribution in [0.3, 0.4) is 0 Å². The van der Waals surface area contributed by atoms with Crippen LogP contribution in [0.4, 0.5) is 11.4 Å². The van der Waals surface area contributed by atoms with Crippen molar-refractivity contribution in [2.45, 2.75) is 12.8 Å². The van der Waals surface area contributed by atoms with Crippen molar-refractivity contribution in [2.24, 2.45) is 41.4 Å². The third-order valence-electron chi connectivity index (χ3n) is 8.85. The molecule has 38 heavy (non-hydrogen) atoms. The Bertz CT molecular complexity index is 1400. The molecule has 0 aromatic heterocycles. The average molecular weight is 533 g/mol. The number of benzene rings is 2. The van der Waals surface area contributed by atoms with Gasteiger partial charge >= 0.3 is 5.97 Å². The van der Waals surface area contributed by atoms with Crippen molar-refractivity contribution >= 4 is 46.7 Å². The van der Waals surface area contributed by atoms with Crippen LogP contribution in [0.5, 0.6) is 11.5 Å². The van der Waals surface area contributed by atoms with Gasteiger partial charge in [0.1, 0.15) is 11.5 Å². The SMILES string of the molecule is COc1ccc(Cl)cc1N1C[C@H](C(=O)Oc2cccc(N3C(=O)[C@@H]4[C@H]5C=C[C@@H]([C@@H]6C[C@@H]56)[C@@H]4C3=O)c2)CC1=O. The monoisotopic (exact) mass is 532 g/mol. The molecule has 2 bridgehead atoms. The molecule has 4 aliphatic carbocycles. The summed E-state index contributed by atoms with van der Waals surface area (Å²) in [7, 11) is 1.50. The van der Waals surface area contributed by atoms with Crippen molar-refractivity contribution in [1.82, 2.24) is 0 Å². The average Bonchev–Trinajstić information content (AvgIpc) is 3.59. The van der Waals surface area contributed by atoms with E-state index in [0.717, 1.165) is 6.42 Å². The first-order chi connectivity index (χ1) is 18.4. The number of ether oxygens (including phenoxy) is 2. The van der Waals surface area contributed by atoms with E-state index in [1.54, 1.807) is 42.5 Å². The number of rotatable bonds is 5. The highest BCUT2D eigenvalue weighted by atomic mass is 35.5. The van der Waals surface area contributed by atoms with Crippen molar-refractivity contribution in [1.29, 1.82) is 0 Å². The maximum atomic E-state index is 13.4. The predicted molar refractivity (Wildman–Crippen MR) is 138 cm³/mol. The molecule has 8 nitrogen and oxygen atoms in total. The molecule has 3 amide bonds. The van der Waals surface area contributed by atoms with Gasteiger partial charge in [0, 0.05) is 24.1 Å². The van der Waals surface area contributed by atoms with E-state index in [4.69, 9.17) is 21.1 Å². The fraction of sp³-hybridized carbons (Fsp3) is 0.379. The number of esters is 1. The Morgan fingerprint density at radius 2 is 1.68 bits per heavy atom. The van der Waals surface area contributed by atoms with Gasteiger partial charge in [0.15, 0.2) is 0 Å². The predicted octanol–water partition coefficient (Wildman–Crippen LogP) is 3.86. The van der Waals surface area contributed by atoms with Gasteiger partial charge in [-0.1, -0.05) is 29.8 Å². The molecule has 9 heteroatoms. The van der Waals surface area contributed by atoms with Gasteiger partial charge in [-0.05, 0) is 60.4 Å². The van der Waals surface area contributed by atoms with Gasteiger partial charge in [0.05, 0.1) is 36.2 Å². The van der Waals surface area contributed by atoms with Gasteiger partial charge in [-0.2, -0.15) is 0 Å². The number of carbonyl (C=O) groups is 4. The summed E-state index contributed by atoms with van der Waals surface area (Å²) in [6.45, 7) is 0.124. The van der Waals surface area contributed by atoms with E-state index in [1.807, 2.05) is 0 Å². The zero-order valence-electron chi connectivity index (χ0n) is 20.6. The molecule has 2 saturated carbocycles. The van der Waals surface area contributed by atoms with E-state index in [2.05, 4.69) is 12.2 Å². The minimum absolute atomic E-state index is 0.0151. The molecule has 2 heterocycles. The highest BCUT2D eigenvalue weighted by Crippen LogP contribution is 2.65. The Morgan fingerprint density at radius 1 is 0.974 bits per heavy atom. The molecule has 194 valence electrons. The van der Waals surface area contributed by atoms with Gasteiger partial charge in [-0.15, -0.1) is 0 Å². The summed E-state index contributed by atoms with van der Waals surface area (Å²) >= 11 is 6.12. The molecule has 2 aromatic carbocycles. The Hall–Kier alpha value is -3.65. The number of halogens is 1. The number of methoxy groups -OCH3 is 1. The minimum atomic E-state index is -0.693. The van der Waals surface area contributed by atoms with E-state index >= 15 is 0 Å². The van der Waals surface area contributed by atoms with E-state index in [0.29, 0.717) is 34.0 Å². The Balaban J connectivity index is 1.08. The number of hydrogen-bond donors (Lipinski definition) is 0. The second-order valence-electron chi connectivity index (χ2n) is 10.8. The first-order valence-corrected chi connectivity index (χ1v) is 13.3. The highest BCUT2D eigenvalue weighted by Gasteiger charge is 2.67. The number of allylic oxidation sites excluding steroid dienone is 2. The first-order valence-electron chi connectivity index (χ1n) is 12.9. The molecule has 2 aliphatic heterocycles. The fourth-order valence-electron chi connectivity index (χ4n) is 7.07. The second-order valence-corrected chi connectivity index (χ2v) is 11.2. The van der Waals surface area contributed by atoms with E-state index in [1.165, 1.54) is 16.9 Å². The van der Waals surface area contributed by atoms with Gasteiger partial charge in [-0.3, -0.25) is 19.2 Å². The third kappa shape index (κ3) is 3.42. The smallest absolute Gasteiger partial charge is 0.316 e. The van der Waals surface area contributed by atoms with Gasteiger partial charge in [-0.25, -0.2) is 4.90 Å². The summed E-state index contributed by atoms with van der Waals surface area (Å²) in [6, 6.07) is 11.5. The molecule has 0 spiro atoms. The molecule has 0 radical (unpaired) electrons. The van der Waals surface area contributed by atoms with Crippen LogP contribution in [-0.2, 0) is 19.2 Å². The lowest BCUT2D eigenvalue weighted by atomic mass is 9.63. The van der Waals surface area contributed by atoms with Crippen LogP contribution in [0.1, 0.15) is 12.8 Å². The summed E-state index contributed by atoms with van der Waals surface area (Å²) in [5.41, 5.74) is 0.900. The van der Waals surface area contributed by atoms with Gasteiger partial charge in [0.25, 0.3) is 0 Å². The van der Waals surface area contributed by atoms with E-state index in [-0.39, 0.29) is 60.1 Å². The molecule has 8 rings (SSSR count). The fourth-order valence-corrected chi connectivity index (χ4v) is 7.24. The Kier molecular flexibility index (Phi) is 5.20. The van der Waals surface area contributed by atoms with Crippen LogP contribution >= 0.6 is 11.6 Å². The first kappa shape index (κ1) is 23.5. The van der Waals surface area contributed by atoms with Crippen molar-refractivity contribution in [3.05, 3.63) is 59.6 Å². The van der Waals surface area contributed by atoms with Crippen LogP contribution in [0.2, 0.25) is 5.02 Å². The normalized spacial score (nSPS) is 32.5. The summed E-state index contributed by atoms with van der Waals surface area (Å²) in [4.78, 5) is 55.4. The summed E-state index contributed by atoms with van der Waals surface area (Å²) < 4.78 is 11.0. The van der Waals surface area contributed by atoms with Crippen LogP contribution in [0.25, 0.3) is 0 Å². The van der Waals surface area contributed by atoms with Crippen molar-refractivity contribution in [3.8, 4) is 11.5 Å².